The Kier molecular flexibility index (Phi) is 4.62. The molecule has 0 fully saturated rings. The monoisotopic (exact) mass is 225 g/mol. The average Bonchev–Trinajstić information content (AvgIpc) is 2.25. The second kappa shape index (κ2) is 6.02. The zero-order valence-corrected chi connectivity index (χ0v) is 9.00. The van der Waals surface area contributed by atoms with E-state index in [9.17, 15) is 9.59 Å². The lowest BCUT2D eigenvalue weighted by atomic mass is 10.5. The van der Waals surface area contributed by atoms with E-state index >= 15 is 0 Å². The van der Waals surface area contributed by atoms with Gasteiger partial charge < -0.3 is 0 Å². The molecule has 0 aromatic carbocycles. The van der Waals surface area contributed by atoms with Crippen molar-refractivity contribution in [1.29, 1.82) is 0 Å². The van der Waals surface area contributed by atoms with Gasteiger partial charge in [-0.15, -0.1) is 0 Å². The van der Waals surface area contributed by atoms with Crippen molar-refractivity contribution in [3.8, 4) is 0 Å². The summed E-state index contributed by atoms with van der Waals surface area (Å²) in [6.07, 6.45) is 1.66. The molecule has 1 heterocycles. The van der Waals surface area contributed by atoms with Crippen LogP contribution in [0.2, 0.25) is 0 Å². The number of carbonyl (C=O) groups is 2. The van der Waals surface area contributed by atoms with Crippen LogP contribution in [0.5, 0.6) is 0 Å². The van der Waals surface area contributed by atoms with Crippen LogP contribution in [0, 0.1) is 0 Å². The van der Waals surface area contributed by atoms with Crippen LogP contribution < -0.4 is 10.9 Å². The first-order valence-corrected chi connectivity index (χ1v) is 5.26. The van der Waals surface area contributed by atoms with Crippen LogP contribution in [-0.2, 0) is 9.59 Å². The first-order valence-electron chi connectivity index (χ1n) is 4.28. The molecule has 0 atom stereocenters. The van der Waals surface area contributed by atoms with Gasteiger partial charge in [-0.1, -0.05) is 17.8 Å². The molecule has 0 saturated carbocycles. The molecule has 0 radical (unpaired) electrons. The number of aromatic nitrogens is 1. The second-order valence-electron chi connectivity index (χ2n) is 2.69. The number of rotatable bonds is 3. The zero-order valence-electron chi connectivity index (χ0n) is 8.19. The molecule has 5 nitrogen and oxygen atoms in total. The molecule has 1 aromatic heterocycles. The van der Waals surface area contributed by atoms with Gasteiger partial charge >= 0.3 is 0 Å². The predicted molar refractivity (Wildman–Crippen MR) is 56.9 cm³/mol. The topological polar surface area (TPSA) is 71.1 Å². The molecule has 0 bridgehead atoms. The van der Waals surface area contributed by atoms with Crippen molar-refractivity contribution >= 4 is 23.6 Å². The molecule has 1 aromatic rings. The molecule has 0 aliphatic rings. The number of nitrogens with one attached hydrogen (secondary N) is 2. The number of pyridine rings is 1. The molecule has 0 unspecified atom stereocenters. The van der Waals surface area contributed by atoms with Crippen LogP contribution >= 0.6 is 11.8 Å². The van der Waals surface area contributed by atoms with Crippen LogP contribution in [0.25, 0.3) is 0 Å². The highest BCUT2D eigenvalue weighted by Gasteiger charge is 2.02. The lowest BCUT2D eigenvalue weighted by Gasteiger charge is -2.03. The van der Waals surface area contributed by atoms with E-state index in [4.69, 9.17) is 0 Å². The molecular weight excluding hydrogens is 214 g/mol. The Bertz CT molecular complexity index is 342. The molecule has 2 amide bonds. The Morgan fingerprint density at radius 1 is 1.40 bits per heavy atom. The van der Waals surface area contributed by atoms with Crippen LogP contribution in [0.1, 0.15) is 6.92 Å². The van der Waals surface area contributed by atoms with Crippen molar-refractivity contribution < 1.29 is 9.59 Å². The molecule has 0 aliphatic heterocycles. The molecule has 1 rings (SSSR count). The van der Waals surface area contributed by atoms with Crippen LogP contribution in [-0.4, -0.2) is 22.6 Å². The smallest absolute Gasteiger partial charge is 0.248 e. The molecule has 2 N–H and O–H groups in total. The Hall–Kier alpha value is -1.56. The van der Waals surface area contributed by atoms with Crippen molar-refractivity contribution in [3.05, 3.63) is 24.4 Å². The SMILES string of the molecule is CC(=O)NNC(=O)CSc1ccccn1. The lowest BCUT2D eigenvalue weighted by Crippen LogP contribution is -2.41. The fourth-order valence-corrected chi connectivity index (χ4v) is 1.43. The Morgan fingerprint density at radius 2 is 2.20 bits per heavy atom. The third kappa shape index (κ3) is 5.02. The number of hydrogen-bond donors (Lipinski definition) is 2. The van der Waals surface area contributed by atoms with Gasteiger partial charge in [-0.05, 0) is 12.1 Å². The number of amides is 2. The number of thioether (sulfide) groups is 1. The normalized spacial score (nSPS) is 9.40. The minimum atomic E-state index is -0.300. The standard InChI is InChI=1S/C9H11N3O2S/c1-7(13)11-12-8(14)6-15-9-4-2-3-5-10-9/h2-5H,6H2,1H3,(H,11,13)(H,12,14). The largest absolute Gasteiger partial charge is 0.274 e. The maximum absolute atomic E-state index is 11.1. The van der Waals surface area contributed by atoms with Gasteiger partial charge in [0.05, 0.1) is 10.8 Å². The van der Waals surface area contributed by atoms with Gasteiger partial charge in [0.1, 0.15) is 0 Å². The van der Waals surface area contributed by atoms with E-state index < -0.39 is 0 Å². The summed E-state index contributed by atoms with van der Waals surface area (Å²) < 4.78 is 0. The van der Waals surface area contributed by atoms with E-state index in [0.29, 0.717) is 0 Å². The summed E-state index contributed by atoms with van der Waals surface area (Å²) in [4.78, 5) is 25.7. The number of nitrogens with zero attached hydrogens (tertiary/aromatic N) is 1. The van der Waals surface area contributed by atoms with Gasteiger partial charge in [0, 0.05) is 13.1 Å². The highest BCUT2D eigenvalue weighted by atomic mass is 32.2. The van der Waals surface area contributed by atoms with Gasteiger partial charge in [0.2, 0.25) is 11.8 Å². The maximum atomic E-state index is 11.1. The van der Waals surface area contributed by atoms with Crippen LogP contribution in [0.3, 0.4) is 0 Å². The molecular formula is C9H11N3O2S. The number of hydrazine groups is 1. The van der Waals surface area contributed by atoms with E-state index in [1.165, 1.54) is 18.7 Å². The van der Waals surface area contributed by atoms with E-state index in [0.717, 1.165) is 5.03 Å². The summed E-state index contributed by atoms with van der Waals surface area (Å²) in [6.45, 7) is 1.33. The summed E-state index contributed by atoms with van der Waals surface area (Å²) in [6, 6.07) is 5.47. The number of carbonyl (C=O) groups excluding carboxylic acids is 2. The van der Waals surface area contributed by atoms with Gasteiger partial charge in [-0.25, -0.2) is 4.98 Å². The van der Waals surface area contributed by atoms with Crippen molar-refractivity contribution in [2.24, 2.45) is 0 Å². The summed E-state index contributed by atoms with van der Waals surface area (Å²) >= 11 is 1.31. The van der Waals surface area contributed by atoms with E-state index in [1.807, 2.05) is 12.1 Å². The van der Waals surface area contributed by atoms with Gasteiger partial charge in [0.15, 0.2) is 0 Å². The lowest BCUT2D eigenvalue weighted by molar-refractivity contribution is -0.126. The molecule has 15 heavy (non-hydrogen) atoms. The highest BCUT2D eigenvalue weighted by molar-refractivity contribution is 7.99. The molecule has 0 aliphatic carbocycles. The molecule has 6 heteroatoms. The Morgan fingerprint density at radius 3 is 2.80 bits per heavy atom. The Balaban J connectivity index is 2.26. The van der Waals surface area contributed by atoms with Crippen molar-refractivity contribution in [1.82, 2.24) is 15.8 Å². The van der Waals surface area contributed by atoms with Gasteiger partial charge in [-0.2, -0.15) is 0 Å². The van der Waals surface area contributed by atoms with Crippen molar-refractivity contribution in [2.45, 2.75) is 11.9 Å². The van der Waals surface area contributed by atoms with E-state index in [1.54, 1.807) is 12.3 Å². The second-order valence-corrected chi connectivity index (χ2v) is 3.68. The third-order valence-electron chi connectivity index (χ3n) is 1.37. The third-order valence-corrected chi connectivity index (χ3v) is 2.31. The number of hydrogen-bond acceptors (Lipinski definition) is 4. The van der Waals surface area contributed by atoms with Gasteiger partial charge in [0.25, 0.3) is 0 Å². The van der Waals surface area contributed by atoms with E-state index in [-0.39, 0.29) is 17.6 Å². The first kappa shape index (κ1) is 11.5. The van der Waals surface area contributed by atoms with E-state index in [2.05, 4.69) is 15.8 Å². The average molecular weight is 225 g/mol. The fraction of sp³-hybridized carbons (Fsp3) is 0.222. The molecule has 0 saturated heterocycles. The minimum absolute atomic E-state index is 0.220. The fourth-order valence-electron chi connectivity index (χ4n) is 0.766. The summed E-state index contributed by atoms with van der Waals surface area (Å²) in [5.74, 6) is -0.343. The zero-order chi connectivity index (χ0) is 11.1. The first-order chi connectivity index (χ1) is 7.18. The summed E-state index contributed by atoms with van der Waals surface area (Å²) in [5.41, 5.74) is 4.47. The maximum Gasteiger partial charge on any atom is 0.248 e. The molecule has 0 spiro atoms. The van der Waals surface area contributed by atoms with Crippen molar-refractivity contribution in [3.63, 3.8) is 0 Å². The quantitative estimate of drug-likeness (QED) is 0.575. The van der Waals surface area contributed by atoms with Gasteiger partial charge in [-0.3, -0.25) is 20.4 Å². The summed E-state index contributed by atoms with van der Waals surface area (Å²) in [5, 5.41) is 0.774. The highest BCUT2D eigenvalue weighted by Crippen LogP contribution is 2.12. The van der Waals surface area contributed by atoms with Crippen molar-refractivity contribution in [2.75, 3.05) is 5.75 Å². The molecule has 80 valence electrons. The predicted octanol–water partition coefficient (Wildman–Crippen LogP) is 0.341. The minimum Gasteiger partial charge on any atom is -0.274 e. The Labute approximate surface area is 91.6 Å². The van der Waals surface area contributed by atoms with Crippen LogP contribution in [0.4, 0.5) is 0 Å². The van der Waals surface area contributed by atoms with Crippen LogP contribution in [0.15, 0.2) is 29.4 Å². The summed E-state index contributed by atoms with van der Waals surface area (Å²) in [7, 11) is 0.